The molecule has 1 unspecified atom stereocenters. The van der Waals surface area contributed by atoms with E-state index >= 15 is 0 Å². The second-order valence-corrected chi connectivity index (χ2v) is 6.87. The molecule has 1 aromatic heterocycles. The van der Waals surface area contributed by atoms with Crippen molar-refractivity contribution in [2.75, 3.05) is 7.05 Å². The van der Waals surface area contributed by atoms with Gasteiger partial charge in [0.1, 0.15) is 0 Å². The highest BCUT2D eigenvalue weighted by Gasteiger charge is 2.21. The fourth-order valence-corrected chi connectivity index (χ4v) is 4.07. The van der Waals surface area contributed by atoms with Gasteiger partial charge in [-0.1, -0.05) is 32.1 Å². The van der Waals surface area contributed by atoms with Crippen molar-refractivity contribution < 1.29 is 0 Å². The Kier molecular flexibility index (Phi) is 5.64. The van der Waals surface area contributed by atoms with Crippen LogP contribution in [0.4, 0.5) is 0 Å². The fraction of sp³-hybridized carbons (Fsp3) is 0.643. The van der Waals surface area contributed by atoms with Crippen molar-refractivity contribution in [2.45, 2.75) is 44.6 Å². The lowest BCUT2D eigenvalue weighted by molar-refractivity contribution is 0.303. The van der Waals surface area contributed by atoms with Crippen molar-refractivity contribution in [2.24, 2.45) is 5.92 Å². The lowest BCUT2D eigenvalue weighted by atomic mass is 9.84. The van der Waals surface area contributed by atoms with Crippen molar-refractivity contribution in [3.63, 3.8) is 0 Å². The van der Waals surface area contributed by atoms with Gasteiger partial charge in [0.05, 0.1) is 11.7 Å². The van der Waals surface area contributed by atoms with E-state index in [9.17, 15) is 0 Å². The standard InChI is InChI=1S/C14H20Br2N2/c1-17-13(7-10-5-3-2-4-6-10)14-12(16)8-11(15)9-18-14/h8-10,13,17H,2-7H2,1H3. The lowest BCUT2D eigenvalue weighted by Gasteiger charge is -2.26. The third kappa shape index (κ3) is 3.78. The molecule has 4 heteroatoms. The Hall–Kier alpha value is 0.0700. The van der Waals surface area contributed by atoms with Crippen LogP contribution < -0.4 is 5.32 Å². The minimum absolute atomic E-state index is 0.357. The Morgan fingerprint density at radius 1 is 1.33 bits per heavy atom. The molecule has 0 saturated heterocycles. The molecule has 1 atom stereocenters. The first-order valence-corrected chi connectivity index (χ1v) is 8.27. The molecule has 1 aliphatic rings. The van der Waals surface area contributed by atoms with Crippen LogP contribution in [-0.2, 0) is 0 Å². The SMILES string of the molecule is CNC(CC1CCCCC1)c1ncc(Br)cc1Br. The van der Waals surface area contributed by atoms with E-state index in [1.807, 2.05) is 13.2 Å². The Balaban J connectivity index is 2.07. The van der Waals surface area contributed by atoms with Gasteiger partial charge < -0.3 is 5.32 Å². The van der Waals surface area contributed by atoms with Gasteiger partial charge in [0.15, 0.2) is 0 Å². The number of hydrogen-bond donors (Lipinski definition) is 1. The third-order valence-corrected chi connectivity index (χ3v) is 4.88. The maximum atomic E-state index is 4.56. The Morgan fingerprint density at radius 3 is 2.67 bits per heavy atom. The van der Waals surface area contributed by atoms with Gasteiger partial charge in [-0.25, -0.2) is 0 Å². The maximum Gasteiger partial charge on any atom is 0.0715 e. The number of pyridine rings is 1. The van der Waals surface area contributed by atoms with Crippen LogP contribution in [0.1, 0.15) is 50.3 Å². The zero-order valence-electron chi connectivity index (χ0n) is 10.8. The zero-order valence-corrected chi connectivity index (χ0v) is 13.9. The van der Waals surface area contributed by atoms with E-state index in [4.69, 9.17) is 0 Å². The van der Waals surface area contributed by atoms with Crippen molar-refractivity contribution in [1.82, 2.24) is 10.3 Å². The summed E-state index contributed by atoms with van der Waals surface area (Å²) in [5.74, 6) is 0.855. The zero-order chi connectivity index (χ0) is 13.0. The molecule has 0 bridgehead atoms. The van der Waals surface area contributed by atoms with Gasteiger partial charge in [-0.3, -0.25) is 4.98 Å². The minimum atomic E-state index is 0.357. The van der Waals surface area contributed by atoms with E-state index < -0.39 is 0 Å². The molecule has 0 amide bonds. The summed E-state index contributed by atoms with van der Waals surface area (Å²) in [5, 5.41) is 3.42. The monoisotopic (exact) mass is 374 g/mol. The van der Waals surface area contributed by atoms with Gasteiger partial charge in [0, 0.05) is 15.1 Å². The Labute approximate surface area is 126 Å². The van der Waals surface area contributed by atoms with Crippen LogP contribution in [0.15, 0.2) is 21.2 Å². The molecule has 1 aliphatic carbocycles. The number of halogens is 2. The number of nitrogens with zero attached hydrogens (tertiary/aromatic N) is 1. The quantitative estimate of drug-likeness (QED) is 0.814. The normalized spacial score (nSPS) is 18.8. The van der Waals surface area contributed by atoms with Gasteiger partial charge in [-0.05, 0) is 57.3 Å². The highest BCUT2D eigenvalue weighted by molar-refractivity contribution is 9.11. The average molecular weight is 376 g/mol. The molecule has 1 fully saturated rings. The molecule has 0 aromatic carbocycles. The molecule has 100 valence electrons. The van der Waals surface area contributed by atoms with Gasteiger partial charge in [-0.2, -0.15) is 0 Å². The predicted octanol–water partition coefficient (Wildman–Crippen LogP) is 4.84. The number of aromatic nitrogens is 1. The van der Waals surface area contributed by atoms with Gasteiger partial charge in [0.25, 0.3) is 0 Å². The molecule has 1 saturated carbocycles. The molecule has 1 N–H and O–H groups in total. The molecular weight excluding hydrogens is 356 g/mol. The molecule has 2 nitrogen and oxygen atoms in total. The number of nitrogens with one attached hydrogen (secondary N) is 1. The first kappa shape index (κ1) is 14.5. The smallest absolute Gasteiger partial charge is 0.0715 e. The predicted molar refractivity (Wildman–Crippen MR) is 82.6 cm³/mol. The van der Waals surface area contributed by atoms with E-state index in [1.165, 1.54) is 38.5 Å². The van der Waals surface area contributed by atoms with E-state index in [-0.39, 0.29) is 0 Å². The molecule has 18 heavy (non-hydrogen) atoms. The first-order chi connectivity index (χ1) is 8.70. The second-order valence-electron chi connectivity index (χ2n) is 5.10. The second kappa shape index (κ2) is 7.01. The van der Waals surface area contributed by atoms with Crippen LogP contribution in [0, 0.1) is 5.92 Å². The summed E-state index contributed by atoms with van der Waals surface area (Å²) in [5.41, 5.74) is 1.13. The van der Waals surface area contributed by atoms with Crippen LogP contribution in [0.3, 0.4) is 0 Å². The van der Waals surface area contributed by atoms with Gasteiger partial charge in [0.2, 0.25) is 0 Å². The van der Waals surface area contributed by atoms with Crippen LogP contribution in [0.5, 0.6) is 0 Å². The maximum absolute atomic E-state index is 4.56. The summed E-state index contributed by atoms with van der Waals surface area (Å²) in [6.45, 7) is 0. The van der Waals surface area contributed by atoms with Crippen molar-refractivity contribution in [1.29, 1.82) is 0 Å². The summed E-state index contributed by atoms with van der Waals surface area (Å²) < 4.78 is 2.11. The molecular formula is C14H20Br2N2. The van der Waals surface area contributed by atoms with Gasteiger partial charge in [-0.15, -0.1) is 0 Å². The largest absolute Gasteiger partial charge is 0.312 e. The van der Waals surface area contributed by atoms with E-state index in [0.717, 1.165) is 20.6 Å². The lowest BCUT2D eigenvalue weighted by Crippen LogP contribution is -2.22. The van der Waals surface area contributed by atoms with Crippen molar-refractivity contribution in [3.8, 4) is 0 Å². The molecule has 0 radical (unpaired) electrons. The minimum Gasteiger partial charge on any atom is -0.312 e. The van der Waals surface area contributed by atoms with Crippen molar-refractivity contribution in [3.05, 3.63) is 26.9 Å². The summed E-state index contributed by atoms with van der Waals surface area (Å²) in [4.78, 5) is 4.56. The highest BCUT2D eigenvalue weighted by atomic mass is 79.9. The van der Waals surface area contributed by atoms with Crippen molar-refractivity contribution >= 4 is 31.9 Å². The molecule has 1 heterocycles. The highest BCUT2D eigenvalue weighted by Crippen LogP contribution is 2.33. The van der Waals surface area contributed by atoms with Crippen LogP contribution in [-0.4, -0.2) is 12.0 Å². The third-order valence-electron chi connectivity index (χ3n) is 3.81. The number of rotatable bonds is 4. The summed E-state index contributed by atoms with van der Waals surface area (Å²) in [6.07, 6.45) is 10.1. The molecule has 1 aromatic rings. The van der Waals surface area contributed by atoms with E-state index in [0.29, 0.717) is 6.04 Å². The van der Waals surface area contributed by atoms with Crippen LogP contribution >= 0.6 is 31.9 Å². The number of hydrogen-bond acceptors (Lipinski definition) is 2. The average Bonchev–Trinajstić information content (AvgIpc) is 2.38. The Morgan fingerprint density at radius 2 is 2.06 bits per heavy atom. The van der Waals surface area contributed by atoms with E-state index in [1.54, 1.807) is 0 Å². The molecule has 2 rings (SSSR count). The van der Waals surface area contributed by atoms with E-state index in [2.05, 4.69) is 48.2 Å². The fourth-order valence-electron chi connectivity index (χ4n) is 2.80. The first-order valence-electron chi connectivity index (χ1n) is 6.69. The summed E-state index contributed by atoms with van der Waals surface area (Å²) in [7, 11) is 2.03. The topological polar surface area (TPSA) is 24.9 Å². The van der Waals surface area contributed by atoms with Gasteiger partial charge >= 0.3 is 0 Å². The summed E-state index contributed by atoms with van der Waals surface area (Å²) in [6, 6.07) is 2.43. The van der Waals surface area contributed by atoms with Crippen LogP contribution in [0.25, 0.3) is 0 Å². The molecule has 0 aliphatic heterocycles. The Bertz CT molecular complexity index is 389. The molecule has 0 spiro atoms. The summed E-state index contributed by atoms with van der Waals surface area (Å²) >= 11 is 7.07. The van der Waals surface area contributed by atoms with Crippen LogP contribution in [0.2, 0.25) is 0 Å².